The Bertz CT molecular complexity index is 968. The Morgan fingerprint density at radius 3 is 2.58 bits per heavy atom. The minimum absolute atomic E-state index is 0.174. The fourth-order valence-corrected chi connectivity index (χ4v) is 3.56. The molecule has 26 heavy (non-hydrogen) atoms. The SMILES string of the molecule is Cc1cccn2cc(C(=O)N3CCC(C(=O)O)(n4cccn4)CC3)nc12. The van der Waals surface area contributed by atoms with E-state index in [1.54, 1.807) is 29.6 Å². The second kappa shape index (κ2) is 5.98. The van der Waals surface area contributed by atoms with Crippen molar-refractivity contribution in [3.05, 3.63) is 54.2 Å². The second-order valence-electron chi connectivity index (χ2n) is 6.63. The number of aliphatic carboxylic acids is 1. The number of carboxylic acids is 1. The molecule has 1 aliphatic rings. The van der Waals surface area contributed by atoms with Crippen LogP contribution in [0.4, 0.5) is 0 Å². The third-order valence-electron chi connectivity index (χ3n) is 5.12. The number of rotatable bonds is 3. The van der Waals surface area contributed by atoms with Crippen LogP contribution in [0.1, 0.15) is 28.9 Å². The van der Waals surface area contributed by atoms with Crippen LogP contribution in [0.2, 0.25) is 0 Å². The Labute approximate surface area is 149 Å². The summed E-state index contributed by atoms with van der Waals surface area (Å²) in [6.45, 7) is 2.64. The summed E-state index contributed by atoms with van der Waals surface area (Å²) in [5.74, 6) is -1.09. The van der Waals surface area contributed by atoms with Crippen molar-refractivity contribution in [2.24, 2.45) is 0 Å². The average molecular weight is 353 g/mol. The highest BCUT2D eigenvalue weighted by molar-refractivity contribution is 5.93. The van der Waals surface area contributed by atoms with Gasteiger partial charge >= 0.3 is 5.97 Å². The summed E-state index contributed by atoms with van der Waals surface area (Å²) >= 11 is 0. The van der Waals surface area contributed by atoms with E-state index in [0.717, 1.165) is 11.2 Å². The van der Waals surface area contributed by atoms with Crippen LogP contribution in [0.15, 0.2) is 43.0 Å². The predicted molar refractivity (Wildman–Crippen MR) is 92.9 cm³/mol. The molecule has 0 aromatic carbocycles. The van der Waals surface area contributed by atoms with Crippen LogP contribution in [0.25, 0.3) is 5.65 Å². The van der Waals surface area contributed by atoms with Crippen molar-refractivity contribution in [1.29, 1.82) is 0 Å². The zero-order chi connectivity index (χ0) is 18.3. The summed E-state index contributed by atoms with van der Waals surface area (Å²) in [5.41, 5.74) is 1.02. The molecule has 0 aliphatic carbocycles. The zero-order valence-electron chi connectivity index (χ0n) is 14.4. The molecular weight excluding hydrogens is 334 g/mol. The molecule has 3 aromatic rings. The van der Waals surface area contributed by atoms with Gasteiger partial charge in [-0.05, 0) is 24.6 Å². The van der Waals surface area contributed by atoms with Gasteiger partial charge in [0, 0.05) is 50.7 Å². The molecule has 4 heterocycles. The number of carbonyl (C=O) groups is 2. The molecule has 1 N–H and O–H groups in total. The van der Waals surface area contributed by atoms with E-state index in [1.165, 1.54) is 4.68 Å². The largest absolute Gasteiger partial charge is 0.479 e. The molecule has 8 nitrogen and oxygen atoms in total. The first kappa shape index (κ1) is 16.3. The Morgan fingerprint density at radius 1 is 1.19 bits per heavy atom. The van der Waals surface area contributed by atoms with Gasteiger partial charge in [-0.1, -0.05) is 6.07 Å². The lowest BCUT2D eigenvalue weighted by atomic mass is 9.87. The van der Waals surface area contributed by atoms with Gasteiger partial charge in [-0.2, -0.15) is 5.10 Å². The first-order chi connectivity index (χ1) is 12.5. The third kappa shape index (κ3) is 2.45. The maximum absolute atomic E-state index is 12.8. The van der Waals surface area contributed by atoms with E-state index in [4.69, 9.17) is 0 Å². The van der Waals surface area contributed by atoms with Gasteiger partial charge in [0.2, 0.25) is 0 Å². The summed E-state index contributed by atoms with van der Waals surface area (Å²) in [5, 5.41) is 13.9. The number of pyridine rings is 1. The number of imidazole rings is 1. The van der Waals surface area contributed by atoms with Gasteiger partial charge < -0.3 is 14.4 Å². The number of nitrogens with zero attached hydrogens (tertiary/aromatic N) is 5. The molecule has 0 bridgehead atoms. The smallest absolute Gasteiger partial charge is 0.331 e. The molecule has 1 amide bonds. The van der Waals surface area contributed by atoms with Gasteiger partial charge in [-0.15, -0.1) is 0 Å². The van der Waals surface area contributed by atoms with Crippen molar-refractivity contribution in [3.63, 3.8) is 0 Å². The van der Waals surface area contributed by atoms with E-state index in [1.807, 2.05) is 29.7 Å². The Balaban J connectivity index is 1.56. The fourth-order valence-electron chi connectivity index (χ4n) is 3.56. The maximum Gasteiger partial charge on any atom is 0.331 e. The summed E-state index contributed by atoms with van der Waals surface area (Å²) in [7, 11) is 0. The highest BCUT2D eigenvalue weighted by Gasteiger charge is 2.45. The van der Waals surface area contributed by atoms with Crippen molar-refractivity contribution in [3.8, 4) is 0 Å². The standard InChI is InChI=1S/C18H19N5O3/c1-13-4-2-8-22-12-14(20-15(13)22)16(24)21-10-5-18(6-11-21,17(25)26)23-9-3-7-19-23/h2-4,7-9,12H,5-6,10-11H2,1H3,(H,25,26). The monoisotopic (exact) mass is 353 g/mol. The molecular formula is C18H19N5O3. The van der Waals surface area contributed by atoms with Crippen LogP contribution < -0.4 is 0 Å². The quantitative estimate of drug-likeness (QED) is 0.771. The highest BCUT2D eigenvalue weighted by Crippen LogP contribution is 2.30. The Morgan fingerprint density at radius 2 is 1.96 bits per heavy atom. The van der Waals surface area contributed by atoms with E-state index in [-0.39, 0.29) is 5.91 Å². The van der Waals surface area contributed by atoms with E-state index in [2.05, 4.69) is 10.1 Å². The third-order valence-corrected chi connectivity index (χ3v) is 5.12. The van der Waals surface area contributed by atoms with E-state index < -0.39 is 11.5 Å². The van der Waals surface area contributed by atoms with Crippen molar-refractivity contribution >= 4 is 17.5 Å². The van der Waals surface area contributed by atoms with Crippen LogP contribution in [-0.4, -0.2) is 54.1 Å². The molecule has 134 valence electrons. The zero-order valence-corrected chi connectivity index (χ0v) is 14.4. The molecule has 0 radical (unpaired) electrons. The van der Waals surface area contributed by atoms with Gasteiger partial charge in [0.25, 0.3) is 5.91 Å². The van der Waals surface area contributed by atoms with Crippen molar-refractivity contribution in [2.75, 3.05) is 13.1 Å². The molecule has 4 rings (SSSR count). The van der Waals surface area contributed by atoms with E-state index in [0.29, 0.717) is 31.6 Å². The van der Waals surface area contributed by atoms with Crippen molar-refractivity contribution < 1.29 is 14.7 Å². The summed E-state index contributed by atoms with van der Waals surface area (Å²) < 4.78 is 3.32. The summed E-state index contributed by atoms with van der Waals surface area (Å²) in [6, 6.07) is 5.56. The molecule has 0 atom stereocenters. The van der Waals surface area contributed by atoms with E-state index in [9.17, 15) is 14.7 Å². The number of hydrogen-bond acceptors (Lipinski definition) is 4. The minimum atomic E-state index is -1.10. The average Bonchev–Trinajstić information content (AvgIpc) is 3.31. The summed E-state index contributed by atoms with van der Waals surface area (Å²) in [4.78, 5) is 30.8. The lowest BCUT2D eigenvalue weighted by molar-refractivity contribution is -0.150. The van der Waals surface area contributed by atoms with Crippen LogP contribution >= 0.6 is 0 Å². The van der Waals surface area contributed by atoms with Gasteiger partial charge in [0.1, 0.15) is 11.3 Å². The van der Waals surface area contributed by atoms with Crippen LogP contribution in [0.3, 0.4) is 0 Å². The summed E-state index contributed by atoms with van der Waals surface area (Å²) in [6.07, 6.45) is 7.43. The number of fused-ring (bicyclic) bond motifs is 1. The molecule has 0 spiro atoms. The van der Waals surface area contributed by atoms with Crippen molar-refractivity contribution in [2.45, 2.75) is 25.3 Å². The first-order valence-electron chi connectivity index (χ1n) is 8.48. The number of amides is 1. The molecule has 3 aromatic heterocycles. The number of piperidine rings is 1. The number of carboxylic acid groups (broad SMARTS) is 1. The lowest BCUT2D eigenvalue weighted by Crippen LogP contribution is -2.52. The van der Waals surface area contributed by atoms with Gasteiger partial charge in [-0.25, -0.2) is 9.78 Å². The number of hydrogen-bond donors (Lipinski definition) is 1. The van der Waals surface area contributed by atoms with Crippen LogP contribution in [-0.2, 0) is 10.3 Å². The topological polar surface area (TPSA) is 92.7 Å². The first-order valence-corrected chi connectivity index (χ1v) is 8.48. The van der Waals surface area contributed by atoms with Gasteiger partial charge in [0.05, 0.1) is 0 Å². The minimum Gasteiger partial charge on any atom is -0.479 e. The molecule has 8 heteroatoms. The lowest BCUT2D eigenvalue weighted by Gasteiger charge is -2.38. The molecule has 1 aliphatic heterocycles. The normalized spacial score (nSPS) is 16.7. The second-order valence-corrected chi connectivity index (χ2v) is 6.63. The number of aromatic nitrogens is 4. The maximum atomic E-state index is 12.8. The van der Waals surface area contributed by atoms with Crippen LogP contribution in [0, 0.1) is 6.92 Å². The Hall–Kier alpha value is -3.16. The number of aryl methyl sites for hydroxylation is 1. The molecule has 1 saturated heterocycles. The molecule has 0 unspecified atom stereocenters. The van der Waals surface area contributed by atoms with Gasteiger partial charge in [0.15, 0.2) is 5.54 Å². The van der Waals surface area contributed by atoms with E-state index >= 15 is 0 Å². The number of likely N-dealkylation sites (tertiary alicyclic amines) is 1. The number of carbonyl (C=O) groups excluding carboxylic acids is 1. The van der Waals surface area contributed by atoms with Gasteiger partial charge in [-0.3, -0.25) is 9.48 Å². The van der Waals surface area contributed by atoms with Crippen molar-refractivity contribution in [1.82, 2.24) is 24.1 Å². The highest BCUT2D eigenvalue weighted by atomic mass is 16.4. The Kier molecular flexibility index (Phi) is 3.75. The molecule has 1 fully saturated rings. The molecule has 0 saturated carbocycles. The van der Waals surface area contributed by atoms with Crippen LogP contribution in [0.5, 0.6) is 0 Å². The predicted octanol–water partition coefficient (Wildman–Crippen LogP) is 1.56. The fraction of sp³-hybridized carbons (Fsp3) is 0.333.